The Labute approximate surface area is 476 Å². The number of carbonyl (C=O) groups excluding carboxylic acids is 8. The fourth-order valence-electron chi connectivity index (χ4n) is 10.4. The van der Waals surface area contributed by atoms with Crippen LogP contribution in [0.1, 0.15) is 92.9 Å². The van der Waals surface area contributed by atoms with E-state index in [-0.39, 0.29) is 88.5 Å². The Kier molecular flexibility index (Phi) is 22.3. The normalized spacial score (nSPS) is 17.9. The molecule has 28 nitrogen and oxygen atoms in total. The van der Waals surface area contributed by atoms with Gasteiger partial charge in [-0.15, -0.1) is 0 Å². The zero-order chi connectivity index (χ0) is 58.8. The number of nitrogens with zero attached hydrogens (tertiary/aromatic N) is 4. The molecule has 28 heteroatoms. The van der Waals surface area contributed by atoms with Gasteiger partial charge >= 0.3 is 30.0 Å². The second kappa shape index (κ2) is 30.1. The highest BCUT2D eigenvalue weighted by atomic mass is 16.7. The molecule has 4 aliphatic heterocycles. The van der Waals surface area contributed by atoms with E-state index in [0.717, 1.165) is 59.2 Å². The second-order valence-electron chi connectivity index (χ2n) is 20.3. The maximum Gasteiger partial charge on any atom is 0.415 e. The highest BCUT2D eigenvalue weighted by Crippen LogP contribution is 2.51. The highest BCUT2D eigenvalue weighted by molar-refractivity contribution is 5.90. The van der Waals surface area contributed by atoms with E-state index in [9.17, 15) is 47.9 Å². The topological polar surface area (TPSA) is 346 Å². The summed E-state index contributed by atoms with van der Waals surface area (Å²) >= 11 is 0. The predicted octanol–water partition coefficient (Wildman–Crippen LogP) is 0.480. The number of esters is 3. The lowest BCUT2D eigenvalue weighted by Crippen LogP contribution is -2.48. The Bertz CT molecular complexity index is 2940. The van der Waals surface area contributed by atoms with E-state index in [0.29, 0.717) is 49.1 Å². The van der Waals surface area contributed by atoms with Crippen LogP contribution in [0.5, 0.6) is 5.75 Å². The van der Waals surface area contributed by atoms with Crippen molar-refractivity contribution in [1.82, 2.24) is 40.6 Å². The van der Waals surface area contributed by atoms with Crippen molar-refractivity contribution in [2.24, 2.45) is 0 Å². The Morgan fingerprint density at radius 3 is 1.80 bits per heavy atom. The molecule has 3 fully saturated rings. The summed E-state index contributed by atoms with van der Waals surface area (Å²) in [5, 5.41) is 18.6. The summed E-state index contributed by atoms with van der Waals surface area (Å²) in [5.41, 5.74) is 5.41. The molecule has 3 unspecified atom stereocenters. The lowest BCUT2D eigenvalue weighted by molar-refractivity contribution is -0.158. The number of pyridine rings is 2. The van der Waals surface area contributed by atoms with Gasteiger partial charge in [0.25, 0.3) is 5.56 Å². The minimum atomic E-state index is -1.20. The van der Waals surface area contributed by atoms with Gasteiger partial charge in [-0.25, -0.2) is 9.78 Å². The number of likely N-dealkylation sites (tertiary alicyclic amines) is 2. The van der Waals surface area contributed by atoms with Gasteiger partial charge in [-0.2, -0.15) is 0 Å². The molecule has 0 spiro atoms. The van der Waals surface area contributed by atoms with Crippen LogP contribution in [0.25, 0.3) is 22.3 Å². The second-order valence-corrected chi connectivity index (χ2v) is 20.3. The summed E-state index contributed by atoms with van der Waals surface area (Å²) in [4.78, 5) is 131. The van der Waals surface area contributed by atoms with Crippen molar-refractivity contribution < 1.29 is 90.9 Å². The number of fused-ring (bicyclic) bond motifs is 7. The Balaban J connectivity index is 0.659. The first kappa shape index (κ1) is 61.4. The molecule has 2 saturated heterocycles. The van der Waals surface area contributed by atoms with Crippen LogP contribution in [0.3, 0.4) is 0 Å². The monoisotopic (exact) mass is 1160 g/mol. The number of carboxylic acid groups (broad SMARTS) is 1. The molecule has 0 bridgehead atoms. The molecule has 450 valence electrons. The third kappa shape index (κ3) is 17.2. The fourth-order valence-corrected chi connectivity index (χ4v) is 10.4. The van der Waals surface area contributed by atoms with Gasteiger partial charge in [0.05, 0.1) is 88.0 Å². The first-order chi connectivity index (χ1) is 40.2. The molecule has 3 atom stereocenters. The van der Waals surface area contributed by atoms with Gasteiger partial charge in [0.2, 0.25) is 23.6 Å². The van der Waals surface area contributed by atoms with E-state index in [4.69, 9.17) is 52.7 Å². The van der Waals surface area contributed by atoms with Gasteiger partial charge in [0.1, 0.15) is 31.9 Å². The number of aryl methyl sites for hydroxylation is 1. The number of carboxylic acids is 1. The van der Waals surface area contributed by atoms with E-state index < -0.39 is 94.1 Å². The van der Waals surface area contributed by atoms with E-state index in [1.54, 1.807) is 15.5 Å². The molecule has 83 heavy (non-hydrogen) atoms. The zero-order valence-corrected chi connectivity index (χ0v) is 46.2. The van der Waals surface area contributed by atoms with Crippen molar-refractivity contribution in [1.29, 1.82) is 0 Å². The maximum atomic E-state index is 14.1. The number of benzene rings is 1. The van der Waals surface area contributed by atoms with E-state index in [1.807, 2.05) is 18.2 Å². The van der Waals surface area contributed by atoms with Crippen LogP contribution in [0, 0.1) is 0 Å². The fraction of sp³-hybridized carbons (Fsp3) is 0.582. The molecule has 1 aromatic carbocycles. The Morgan fingerprint density at radius 1 is 0.687 bits per heavy atom. The SMILES string of the molecule is CCc1c2c(nc3ccc(OC(=O)N4CCC(N5CCCCC5)CC4)cc13)-c1cc3c(c(=O)n1C2)COC1C(OCCC(=O)NCC(=O)OCOCCC(=O)NCC(=O)OCOCCC(=O)NCC(=O)OCOCCC(=O)NCC(=O)O)C31. The molecular formula is C55H70N8O20. The van der Waals surface area contributed by atoms with Gasteiger partial charge < -0.3 is 83.4 Å². The van der Waals surface area contributed by atoms with Crippen LogP contribution < -0.4 is 31.6 Å². The van der Waals surface area contributed by atoms with Gasteiger partial charge in [-0.05, 0) is 80.6 Å². The summed E-state index contributed by atoms with van der Waals surface area (Å²) < 4.78 is 49.5. The quantitative estimate of drug-likeness (QED) is 0.0205. The smallest absolute Gasteiger partial charge is 0.415 e. The van der Waals surface area contributed by atoms with Crippen LogP contribution in [-0.4, -0.2) is 195 Å². The third-order valence-corrected chi connectivity index (χ3v) is 14.7. The largest absolute Gasteiger partial charge is 0.480 e. The number of rotatable bonds is 30. The predicted molar refractivity (Wildman–Crippen MR) is 286 cm³/mol. The van der Waals surface area contributed by atoms with Crippen LogP contribution >= 0.6 is 0 Å². The molecule has 2 aromatic heterocycles. The maximum absolute atomic E-state index is 14.1. The summed E-state index contributed by atoms with van der Waals surface area (Å²) in [7, 11) is 0. The summed E-state index contributed by atoms with van der Waals surface area (Å²) in [6.45, 7) is 2.25. The molecule has 1 saturated carbocycles. The number of aromatic nitrogens is 2. The lowest BCUT2D eigenvalue weighted by Gasteiger charge is -2.39. The number of ether oxygens (including phenoxy) is 9. The Morgan fingerprint density at radius 2 is 1.24 bits per heavy atom. The van der Waals surface area contributed by atoms with Crippen molar-refractivity contribution in [2.75, 3.05) is 99.2 Å². The number of piperidine rings is 2. The number of nitrogens with one attached hydrogen (secondary N) is 4. The summed E-state index contributed by atoms with van der Waals surface area (Å²) in [6, 6.07) is 8.05. The minimum Gasteiger partial charge on any atom is -0.480 e. The average Bonchev–Trinajstić information content (AvgIpc) is 2.01. The highest BCUT2D eigenvalue weighted by Gasteiger charge is 2.57. The number of hydrogen-bond acceptors (Lipinski definition) is 21. The van der Waals surface area contributed by atoms with Crippen molar-refractivity contribution in [3.63, 3.8) is 0 Å². The molecule has 0 radical (unpaired) electrons. The van der Waals surface area contributed by atoms with Crippen molar-refractivity contribution in [2.45, 2.75) is 108 Å². The molecule has 5 amide bonds. The van der Waals surface area contributed by atoms with E-state index in [2.05, 4.69) is 33.1 Å². The first-order valence-electron chi connectivity index (χ1n) is 27.8. The molecular weight excluding hydrogens is 1090 g/mol. The molecule has 5 aliphatic rings. The molecule has 1 aliphatic carbocycles. The van der Waals surface area contributed by atoms with Crippen LogP contribution in [0.2, 0.25) is 0 Å². The first-order valence-corrected chi connectivity index (χ1v) is 27.8. The molecule has 3 aromatic rings. The van der Waals surface area contributed by atoms with Crippen molar-refractivity contribution >= 4 is 64.5 Å². The van der Waals surface area contributed by atoms with Crippen LogP contribution in [0.15, 0.2) is 29.1 Å². The van der Waals surface area contributed by atoms with E-state index in [1.165, 1.54) is 19.3 Å². The molecule has 6 heterocycles. The Hall–Kier alpha value is -7.63. The number of carbonyl (C=O) groups is 9. The van der Waals surface area contributed by atoms with Gasteiger partial charge in [0, 0.05) is 48.0 Å². The summed E-state index contributed by atoms with van der Waals surface area (Å²) in [5.74, 6) is -5.57. The summed E-state index contributed by atoms with van der Waals surface area (Å²) in [6.07, 6.45) is 4.71. The third-order valence-electron chi connectivity index (χ3n) is 14.7. The average molecular weight is 1160 g/mol. The number of amides is 5. The number of aliphatic carboxylic acids is 1. The minimum absolute atomic E-state index is 0.0274. The van der Waals surface area contributed by atoms with Gasteiger partial charge in [-0.3, -0.25) is 43.2 Å². The molecule has 5 N–H and O–H groups in total. The van der Waals surface area contributed by atoms with Crippen LogP contribution in [-0.2, 0) is 95.8 Å². The standard InChI is InChI=1S/C55H70N8O20/c1-2-35-36-22-34(83-55(74)62-16-8-33(9-17-62)61-14-4-3-5-15-61)6-7-40(36)60-51-38(35)28-63-41(51)23-37-39(54(63)73)29-79-53-50(37)52(53)78-21-13-45(67)59-27-49(72)82-32-77-20-12-44(66)58-26-48(71)81-31-76-19-11-43(65)57-25-47(70)80-30-75-18-10-42(64)56-24-46(68)69/h6-7,22-23,33,50,52-53H,2-5,8-21,24-32H2,1H3,(H,56,64)(H,57,65)(H,58,66)(H,59,67)(H,68,69). The van der Waals surface area contributed by atoms with E-state index >= 15 is 0 Å². The number of hydrogen-bond donors (Lipinski definition) is 5. The zero-order valence-electron chi connectivity index (χ0n) is 46.2. The van der Waals surface area contributed by atoms with Gasteiger partial charge in [-0.1, -0.05) is 13.3 Å². The lowest BCUT2D eigenvalue weighted by atomic mass is 9.97. The van der Waals surface area contributed by atoms with Crippen LogP contribution in [0.4, 0.5) is 4.79 Å². The van der Waals surface area contributed by atoms with Gasteiger partial charge in [0.15, 0.2) is 20.4 Å². The molecule has 8 rings (SSSR count). The van der Waals surface area contributed by atoms with Crippen molar-refractivity contribution in [3.8, 4) is 17.1 Å². The van der Waals surface area contributed by atoms with Crippen molar-refractivity contribution in [3.05, 3.63) is 56.9 Å².